The first-order valence-electron chi connectivity index (χ1n) is 6.34. The molecule has 1 nitrogen and oxygen atoms in total. The van der Waals surface area contributed by atoms with Gasteiger partial charge in [0.05, 0.1) is 0 Å². The molecular weight excluding hydrogens is 237 g/mol. The van der Waals surface area contributed by atoms with Crippen molar-refractivity contribution in [2.75, 3.05) is 0 Å². The summed E-state index contributed by atoms with van der Waals surface area (Å²) in [6.07, 6.45) is 6.86. The number of halogens is 2. The number of hydrogen-bond acceptors (Lipinski definition) is 1. The SMILES string of the molecule is NC(Cc1ccc(Cl)cc1F)CC1CCCC1. The Bertz CT molecular complexity index is 374. The first kappa shape index (κ1) is 12.8. The minimum absolute atomic E-state index is 0.0637. The molecule has 0 spiro atoms. The van der Waals surface area contributed by atoms with Crippen LogP contribution in [0.2, 0.25) is 5.02 Å². The summed E-state index contributed by atoms with van der Waals surface area (Å²) >= 11 is 5.72. The number of hydrogen-bond donors (Lipinski definition) is 1. The average Bonchev–Trinajstić information content (AvgIpc) is 2.75. The van der Waals surface area contributed by atoms with Crippen LogP contribution in [0.15, 0.2) is 18.2 Å². The van der Waals surface area contributed by atoms with Crippen LogP contribution in [0.25, 0.3) is 0 Å². The van der Waals surface area contributed by atoms with E-state index in [9.17, 15) is 4.39 Å². The molecule has 1 saturated carbocycles. The lowest BCUT2D eigenvalue weighted by Crippen LogP contribution is -2.25. The minimum atomic E-state index is -0.237. The molecule has 0 heterocycles. The molecule has 2 N–H and O–H groups in total. The summed E-state index contributed by atoms with van der Waals surface area (Å²) in [5.74, 6) is 0.514. The second-order valence-electron chi connectivity index (χ2n) is 5.09. The third kappa shape index (κ3) is 3.68. The summed E-state index contributed by atoms with van der Waals surface area (Å²) in [6.45, 7) is 0. The Morgan fingerprint density at radius 3 is 2.71 bits per heavy atom. The molecule has 1 unspecified atom stereocenters. The molecule has 0 amide bonds. The minimum Gasteiger partial charge on any atom is -0.327 e. The van der Waals surface area contributed by atoms with E-state index < -0.39 is 0 Å². The Hall–Kier alpha value is -0.600. The van der Waals surface area contributed by atoms with Crippen LogP contribution in [-0.2, 0) is 6.42 Å². The molecule has 1 atom stereocenters. The van der Waals surface area contributed by atoms with Gasteiger partial charge in [0.15, 0.2) is 0 Å². The summed E-state index contributed by atoms with van der Waals surface area (Å²) in [5, 5.41) is 0.440. The van der Waals surface area contributed by atoms with E-state index in [2.05, 4.69) is 0 Å². The molecule has 0 bridgehead atoms. The maximum atomic E-state index is 13.6. The zero-order valence-corrected chi connectivity index (χ0v) is 10.7. The molecule has 94 valence electrons. The van der Waals surface area contributed by atoms with Crippen molar-refractivity contribution in [2.24, 2.45) is 11.7 Å². The van der Waals surface area contributed by atoms with E-state index in [-0.39, 0.29) is 11.9 Å². The standard InChI is InChI=1S/C14H19ClFN/c15-12-6-5-11(14(16)9-12)8-13(17)7-10-3-1-2-4-10/h5-6,9-10,13H,1-4,7-8,17H2. The molecule has 2 rings (SSSR count). The highest BCUT2D eigenvalue weighted by Crippen LogP contribution is 2.29. The van der Waals surface area contributed by atoms with Gasteiger partial charge < -0.3 is 5.73 Å². The highest BCUT2D eigenvalue weighted by Gasteiger charge is 2.19. The van der Waals surface area contributed by atoms with Crippen LogP contribution in [0.5, 0.6) is 0 Å². The van der Waals surface area contributed by atoms with Gasteiger partial charge in [0, 0.05) is 11.1 Å². The second-order valence-corrected chi connectivity index (χ2v) is 5.52. The van der Waals surface area contributed by atoms with Crippen molar-refractivity contribution in [1.29, 1.82) is 0 Å². The smallest absolute Gasteiger partial charge is 0.127 e. The van der Waals surface area contributed by atoms with Crippen molar-refractivity contribution in [3.63, 3.8) is 0 Å². The fourth-order valence-electron chi connectivity index (χ4n) is 2.73. The van der Waals surface area contributed by atoms with Crippen molar-refractivity contribution in [3.8, 4) is 0 Å². The molecule has 0 radical (unpaired) electrons. The van der Waals surface area contributed by atoms with Crippen LogP contribution in [0.3, 0.4) is 0 Å². The first-order valence-corrected chi connectivity index (χ1v) is 6.72. The first-order chi connectivity index (χ1) is 8.15. The summed E-state index contributed by atoms with van der Waals surface area (Å²) < 4.78 is 13.6. The highest BCUT2D eigenvalue weighted by molar-refractivity contribution is 6.30. The summed E-state index contributed by atoms with van der Waals surface area (Å²) in [7, 11) is 0. The number of nitrogens with two attached hydrogens (primary N) is 1. The van der Waals surface area contributed by atoms with Gasteiger partial charge in [0.1, 0.15) is 5.82 Å². The van der Waals surface area contributed by atoms with E-state index in [0.717, 1.165) is 12.3 Å². The van der Waals surface area contributed by atoms with Crippen molar-refractivity contribution in [2.45, 2.75) is 44.6 Å². The van der Waals surface area contributed by atoms with Gasteiger partial charge in [-0.2, -0.15) is 0 Å². The molecular formula is C14H19ClFN. The molecule has 1 fully saturated rings. The van der Waals surface area contributed by atoms with Crippen molar-refractivity contribution < 1.29 is 4.39 Å². The van der Waals surface area contributed by atoms with Crippen LogP contribution in [0, 0.1) is 11.7 Å². The van der Waals surface area contributed by atoms with Crippen molar-refractivity contribution >= 4 is 11.6 Å². The summed E-state index contributed by atoms with van der Waals surface area (Å²) in [5.41, 5.74) is 6.77. The third-order valence-electron chi connectivity index (χ3n) is 3.61. The lowest BCUT2D eigenvalue weighted by atomic mass is 9.94. The van der Waals surface area contributed by atoms with Crippen LogP contribution in [0.4, 0.5) is 4.39 Å². The predicted octanol–water partition coefficient (Wildman–Crippen LogP) is 3.93. The van der Waals surface area contributed by atoms with E-state index in [0.29, 0.717) is 17.0 Å². The van der Waals surface area contributed by atoms with Gasteiger partial charge in [-0.1, -0.05) is 43.4 Å². The molecule has 1 aromatic rings. The maximum absolute atomic E-state index is 13.6. The monoisotopic (exact) mass is 255 g/mol. The predicted molar refractivity (Wildman–Crippen MR) is 69.7 cm³/mol. The lowest BCUT2D eigenvalue weighted by Gasteiger charge is -2.16. The average molecular weight is 256 g/mol. The topological polar surface area (TPSA) is 26.0 Å². The Labute approximate surface area is 107 Å². The van der Waals surface area contributed by atoms with Gasteiger partial charge in [-0.25, -0.2) is 4.39 Å². The Balaban J connectivity index is 1.90. The van der Waals surface area contributed by atoms with Gasteiger partial charge in [0.25, 0.3) is 0 Å². The molecule has 3 heteroatoms. The maximum Gasteiger partial charge on any atom is 0.127 e. The Kier molecular flexibility index (Phi) is 4.41. The van der Waals surface area contributed by atoms with E-state index >= 15 is 0 Å². The van der Waals surface area contributed by atoms with Crippen LogP contribution >= 0.6 is 11.6 Å². The van der Waals surface area contributed by atoms with Crippen LogP contribution in [0.1, 0.15) is 37.7 Å². The van der Waals surface area contributed by atoms with Crippen molar-refractivity contribution in [1.82, 2.24) is 0 Å². The summed E-state index contributed by atoms with van der Waals surface area (Å²) in [6, 6.07) is 4.89. The normalized spacial score (nSPS) is 18.5. The molecule has 0 aromatic heterocycles. The Morgan fingerprint density at radius 2 is 2.06 bits per heavy atom. The van der Waals surface area contributed by atoms with E-state index in [1.807, 2.05) is 0 Å². The van der Waals surface area contributed by atoms with Gasteiger partial charge >= 0.3 is 0 Å². The number of benzene rings is 1. The molecule has 1 aromatic carbocycles. The van der Waals surface area contributed by atoms with E-state index in [1.54, 1.807) is 12.1 Å². The van der Waals surface area contributed by atoms with E-state index in [4.69, 9.17) is 17.3 Å². The summed E-state index contributed by atoms with van der Waals surface area (Å²) in [4.78, 5) is 0. The van der Waals surface area contributed by atoms with Crippen LogP contribution < -0.4 is 5.73 Å². The van der Waals surface area contributed by atoms with Gasteiger partial charge in [-0.15, -0.1) is 0 Å². The molecule has 1 aliphatic carbocycles. The second kappa shape index (κ2) is 5.83. The molecule has 0 saturated heterocycles. The quantitative estimate of drug-likeness (QED) is 0.867. The van der Waals surface area contributed by atoms with E-state index in [1.165, 1.54) is 31.7 Å². The molecule has 17 heavy (non-hydrogen) atoms. The van der Waals surface area contributed by atoms with Gasteiger partial charge in [0.2, 0.25) is 0 Å². The number of rotatable bonds is 4. The van der Waals surface area contributed by atoms with Gasteiger partial charge in [-0.3, -0.25) is 0 Å². The fourth-order valence-corrected chi connectivity index (χ4v) is 2.89. The Morgan fingerprint density at radius 1 is 1.35 bits per heavy atom. The van der Waals surface area contributed by atoms with Crippen molar-refractivity contribution in [3.05, 3.63) is 34.6 Å². The lowest BCUT2D eigenvalue weighted by molar-refractivity contribution is 0.436. The van der Waals surface area contributed by atoms with Gasteiger partial charge in [-0.05, 0) is 36.5 Å². The zero-order chi connectivity index (χ0) is 12.3. The van der Waals surface area contributed by atoms with Crippen LogP contribution in [-0.4, -0.2) is 6.04 Å². The fraction of sp³-hybridized carbons (Fsp3) is 0.571. The highest BCUT2D eigenvalue weighted by atomic mass is 35.5. The third-order valence-corrected chi connectivity index (χ3v) is 3.84. The molecule has 0 aliphatic heterocycles. The largest absolute Gasteiger partial charge is 0.327 e. The zero-order valence-electron chi connectivity index (χ0n) is 9.96. The molecule has 1 aliphatic rings.